The minimum atomic E-state index is -0.498. The number of imidazole rings is 1. The maximum atomic E-state index is 10.3. The molecule has 5 nitrogen and oxygen atoms in total. The largest absolute Gasteiger partial charge is 0.386 e. The van der Waals surface area contributed by atoms with Gasteiger partial charge in [-0.05, 0) is 25.3 Å². The molecule has 2 aromatic rings. The number of hydrogen-bond acceptors (Lipinski definition) is 3. The molecular formula is C13H18N4O. The molecule has 18 heavy (non-hydrogen) atoms. The molecular weight excluding hydrogens is 228 g/mol. The average molecular weight is 246 g/mol. The van der Waals surface area contributed by atoms with Crippen molar-refractivity contribution in [1.29, 1.82) is 0 Å². The fourth-order valence-corrected chi connectivity index (χ4v) is 2.24. The highest BCUT2D eigenvalue weighted by Gasteiger charge is 2.27. The summed E-state index contributed by atoms with van der Waals surface area (Å²) in [6, 6.07) is 0.551. The number of aliphatic hydroxyl groups excluding tert-OH is 1. The molecule has 0 bridgehead atoms. The van der Waals surface area contributed by atoms with Gasteiger partial charge in [-0.1, -0.05) is 0 Å². The second-order valence-electron chi connectivity index (χ2n) is 4.88. The van der Waals surface area contributed by atoms with E-state index in [0.717, 1.165) is 17.8 Å². The van der Waals surface area contributed by atoms with Crippen LogP contribution < -0.4 is 0 Å². The Bertz CT molecular complexity index is 527. The highest BCUT2D eigenvalue weighted by atomic mass is 16.3. The Morgan fingerprint density at radius 2 is 2.28 bits per heavy atom. The van der Waals surface area contributed by atoms with Gasteiger partial charge in [-0.3, -0.25) is 4.68 Å². The van der Waals surface area contributed by atoms with Crippen molar-refractivity contribution in [3.05, 3.63) is 36.2 Å². The van der Waals surface area contributed by atoms with E-state index in [-0.39, 0.29) is 0 Å². The summed E-state index contributed by atoms with van der Waals surface area (Å²) in [4.78, 5) is 4.15. The Labute approximate surface area is 106 Å². The summed E-state index contributed by atoms with van der Waals surface area (Å²) in [6.45, 7) is 2.91. The first-order valence-corrected chi connectivity index (χ1v) is 6.49. The predicted octanol–water partition coefficient (Wildman–Crippen LogP) is 1.71. The fourth-order valence-electron chi connectivity index (χ4n) is 2.24. The zero-order valence-corrected chi connectivity index (χ0v) is 10.5. The van der Waals surface area contributed by atoms with Gasteiger partial charge in [-0.15, -0.1) is 0 Å². The minimum Gasteiger partial charge on any atom is -0.386 e. The predicted molar refractivity (Wildman–Crippen MR) is 67.1 cm³/mol. The third kappa shape index (κ3) is 2.18. The highest BCUT2D eigenvalue weighted by molar-refractivity contribution is 5.13. The van der Waals surface area contributed by atoms with Gasteiger partial charge in [-0.2, -0.15) is 5.10 Å². The number of hydrogen-bond donors (Lipinski definition) is 1. The van der Waals surface area contributed by atoms with E-state index in [9.17, 15) is 5.11 Å². The maximum Gasteiger partial charge on any atom is 0.0997 e. The molecule has 1 fully saturated rings. The molecule has 1 saturated carbocycles. The fraction of sp³-hybridized carbons (Fsp3) is 0.538. The smallest absolute Gasteiger partial charge is 0.0997 e. The van der Waals surface area contributed by atoms with Crippen molar-refractivity contribution in [2.75, 3.05) is 0 Å². The second-order valence-corrected chi connectivity index (χ2v) is 4.88. The summed E-state index contributed by atoms with van der Waals surface area (Å²) in [7, 11) is 0. The van der Waals surface area contributed by atoms with Gasteiger partial charge < -0.3 is 9.67 Å². The van der Waals surface area contributed by atoms with Gasteiger partial charge in [-0.25, -0.2) is 4.98 Å². The number of nitrogens with zero attached hydrogens (tertiary/aromatic N) is 4. The van der Waals surface area contributed by atoms with Gasteiger partial charge in [0.15, 0.2) is 0 Å². The van der Waals surface area contributed by atoms with Crippen LogP contribution in [0.5, 0.6) is 0 Å². The van der Waals surface area contributed by atoms with Crippen LogP contribution in [-0.4, -0.2) is 24.4 Å². The maximum absolute atomic E-state index is 10.3. The molecule has 1 aliphatic rings. The molecule has 0 aliphatic heterocycles. The topological polar surface area (TPSA) is 55.9 Å². The zero-order valence-electron chi connectivity index (χ0n) is 10.5. The van der Waals surface area contributed by atoms with E-state index in [0.29, 0.717) is 12.5 Å². The third-order valence-electron chi connectivity index (χ3n) is 3.42. The van der Waals surface area contributed by atoms with Crippen molar-refractivity contribution in [3.8, 4) is 0 Å². The van der Waals surface area contributed by atoms with Gasteiger partial charge in [0.1, 0.15) is 0 Å². The lowest BCUT2D eigenvalue weighted by atomic mass is 10.1. The monoisotopic (exact) mass is 246 g/mol. The van der Waals surface area contributed by atoms with Crippen molar-refractivity contribution >= 4 is 0 Å². The summed E-state index contributed by atoms with van der Waals surface area (Å²) in [6.07, 6.45) is 9.90. The Balaban J connectivity index is 1.73. The molecule has 0 aromatic carbocycles. The van der Waals surface area contributed by atoms with Gasteiger partial charge in [0.2, 0.25) is 0 Å². The SMILES string of the molecule is CCn1cc(CC(O)c2cncn2C2CC2)cn1. The highest BCUT2D eigenvalue weighted by Crippen LogP contribution is 2.37. The number of rotatable bonds is 5. The van der Waals surface area contributed by atoms with E-state index in [4.69, 9.17) is 0 Å². The Kier molecular flexibility index (Phi) is 2.91. The molecule has 0 saturated heterocycles. The van der Waals surface area contributed by atoms with E-state index < -0.39 is 6.10 Å². The molecule has 1 N–H and O–H groups in total. The van der Waals surface area contributed by atoms with Crippen molar-refractivity contribution in [1.82, 2.24) is 19.3 Å². The second kappa shape index (κ2) is 4.57. The van der Waals surface area contributed by atoms with E-state index in [1.165, 1.54) is 12.8 Å². The third-order valence-corrected chi connectivity index (χ3v) is 3.42. The van der Waals surface area contributed by atoms with Crippen LogP contribution >= 0.6 is 0 Å². The van der Waals surface area contributed by atoms with E-state index >= 15 is 0 Å². The Hall–Kier alpha value is -1.62. The van der Waals surface area contributed by atoms with Crippen LogP contribution in [0.15, 0.2) is 24.9 Å². The van der Waals surface area contributed by atoms with Crippen LogP contribution in [0.4, 0.5) is 0 Å². The molecule has 0 radical (unpaired) electrons. The molecule has 2 heterocycles. The molecule has 1 atom stereocenters. The normalized spacial score (nSPS) is 17.0. The van der Waals surface area contributed by atoms with Gasteiger partial charge in [0, 0.05) is 25.2 Å². The van der Waals surface area contributed by atoms with Crippen LogP contribution in [0.3, 0.4) is 0 Å². The molecule has 1 unspecified atom stereocenters. The number of aryl methyl sites for hydroxylation is 1. The summed E-state index contributed by atoms with van der Waals surface area (Å²) < 4.78 is 3.98. The molecule has 1 aliphatic carbocycles. The van der Waals surface area contributed by atoms with Crippen molar-refractivity contribution in [2.24, 2.45) is 0 Å². The summed E-state index contributed by atoms with van der Waals surface area (Å²) in [5.41, 5.74) is 1.98. The van der Waals surface area contributed by atoms with Gasteiger partial charge >= 0.3 is 0 Å². The van der Waals surface area contributed by atoms with Crippen LogP contribution in [0.2, 0.25) is 0 Å². The summed E-state index contributed by atoms with van der Waals surface area (Å²) in [5, 5.41) is 14.5. The number of aromatic nitrogens is 4. The van der Waals surface area contributed by atoms with Crippen molar-refractivity contribution in [3.63, 3.8) is 0 Å². The lowest BCUT2D eigenvalue weighted by Gasteiger charge is -2.12. The Morgan fingerprint density at radius 1 is 1.44 bits per heavy atom. The molecule has 0 amide bonds. The zero-order chi connectivity index (χ0) is 12.5. The Morgan fingerprint density at radius 3 is 2.94 bits per heavy atom. The van der Waals surface area contributed by atoms with Gasteiger partial charge in [0.05, 0.1) is 30.5 Å². The molecule has 2 aromatic heterocycles. The quantitative estimate of drug-likeness (QED) is 0.873. The molecule has 5 heteroatoms. The summed E-state index contributed by atoms with van der Waals surface area (Å²) in [5.74, 6) is 0. The minimum absolute atomic E-state index is 0.498. The molecule has 0 spiro atoms. The molecule has 3 rings (SSSR count). The van der Waals surface area contributed by atoms with Crippen molar-refractivity contribution < 1.29 is 5.11 Å². The number of aliphatic hydroxyl groups is 1. The van der Waals surface area contributed by atoms with Gasteiger partial charge in [0.25, 0.3) is 0 Å². The first-order valence-electron chi connectivity index (χ1n) is 6.49. The van der Waals surface area contributed by atoms with Crippen LogP contribution in [0, 0.1) is 0 Å². The summed E-state index contributed by atoms with van der Waals surface area (Å²) >= 11 is 0. The lowest BCUT2D eigenvalue weighted by molar-refractivity contribution is 0.168. The standard InChI is InChI=1S/C13H18N4O/c1-2-16-8-10(6-15-16)5-13(18)12-7-14-9-17(12)11-3-4-11/h6-9,11,13,18H,2-5H2,1H3. The van der Waals surface area contributed by atoms with E-state index in [2.05, 4.69) is 21.6 Å². The first kappa shape index (κ1) is 11.5. The van der Waals surface area contributed by atoms with Crippen LogP contribution in [-0.2, 0) is 13.0 Å². The van der Waals surface area contributed by atoms with Crippen LogP contribution in [0.1, 0.15) is 43.2 Å². The van der Waals surface area contributed by atoms with E-state index in [1.54, 1.807) is 6.20 Å². The van der Waals surface area contributed by atoms with Crippen LogP contribution in [0.25, 0.3) is 0 Å². The van der Waals surface area contributed by atoms with E-state index in [1.807, 2.05) is 23.4 Å². The van der Waals surface area contributed by atoms with Crippen molar-refractivity contribution in [2.45, 2.75) is 44.9 Å². The average Bonchev–Trinajstić information content (AvgIpc) is 2.93. The molecule has 96 valence electrons. The first-order chi connectivity index (χ1) is 8.78. The lowest BCUT2D eigenvalue weighted by Crippen LogP contribution is -2.08.